The van der Waals surface area contributed by atoms with Crippen LogP contribution in [0.15, 0.2) is 70.8 Å². The lowest BCUT2D eigenvalue weighted by Crippen LogP contribution is -2.63. The van der Waals surface area contributed by atoms with Gasteiger partial charge in [-0.25, -0.2) is 14.4 Å². The monoisotopic (exact) mass is 1240 g/mol. The maximum absolute atomic E-state index is 14.4. The van der Waals surface area contributed by atoms with Crippen molar-refractivity contribution in [3.8, 4) is 5.75 Å². The Kier molecular flexibility index (Phi) is 22.3. The number of rotatable bonds is 19. The van der Waals surface area contributed by atoms with Crippen molar-refractivity contribution in [1.82, 2.24) is 31.5 Å². The molecular weight excluding hydrogens is 1170 g/mol. The highest BCUT2D eigenvalue weighted by Crippen LogP contribution is 2.49. The molecule has 27 heteroatoms. The number of hydrogen-bond donors (Lipinski definition) is 9. The van der Waals surface area contributed by atoms with Crippen molar-refractivity contribution in [2.75, 3.05) is 56.4 Å². The molecule has 82 heavy (non-hydrogen) atoms. The minimum absolute atomic E-state index is 0.0826. The molecule has 9 atom stereocenters. The van der Waals surface area contributed by atoms with E-state index < -0.39 is 96.1 Å². The van der Waals surface area contributed by atoms with Crippen molar-refractivity contribution in [3.05, 3.63) is 81.3 Å². The Balaban J connectivity index is 1.16. The average molecular weight is 1240 g/mol. The number of carbonyl (C=O) groups is 8. The predicted molar refractivity (Wildman–Crippen MR) is 312 cm³/mol. The van der Waals surface area contributed by atoms with Gasteiger partial charge >= 0.3 is 18.2 Å². The zero-order valence-electron chi connectivity index (χ0n) is 46.9. The van der Waals surface area contributed by atoms with Gasteiger partial charge in [-0.2, -0.15) is 0 Å². The number of thiocarbonyl (C=S) groups is 1. The van der Waals surface area contributed by atoms with Gasteiger partial charge in [-0.15, -0.1) is 0 Å². The molecule has 4 aliphatic rings. The fourth-order valence-corrected chi connectivity index (χ4v) is 10.8. The van der Waals surface area contributed by atoms with E-state index >= 15 is 0 Å². The van der Waals surface area contributed by atoms with Gasteiger partial charge in [-0.1, -0.05) is 56.2 Å². The number of alkyl carbamates (subject to hydrolysis) is 1. The van der Waals surface area contributed by atoms with Crippen molar-refractivity contribution in [1.29, 1.82) is 0 Å². The molecule has 6 rings (SSSR count). The number of imide groups is 1. The van der Waals surface area contributed by atoms with Gasteiger partial charge < -0.3 is 66.0 Å². The third-order valence-corrected chi connectivity index (χ3v) is 15.8. The Morgan fingerprint density at radius 3 is 2.37 bits per heavy atom. The average Bonchev–Trinajstić information content (AvgIpc) is 2.00. The number of allylic oxidation sites excluding steroid dienone is 3. The first-order chi connectivity index (χ1) is 38.8. The molecule has 4 aliphatic heterocycles. The van der Waals surface area contributed by atoms with Crippen molar-refractivity contribution < 1.29 is 67.1 Å². The van der Waals surface area contributed by atoms with E-state index in [1.165, 1.54) is 56.5 Å². The van der Waals surface area contributed by atoms with Gasteiger partial charge in [-0.05, 0) is 116 Å². The molecule has 0 aromatic heterocycles. The maximum atomic E-state index is 14.4. The fourth-order valence-electron chi connectivity index (χ4n) is 9.82. The van der Waals surface area contributed by atoms with Crippen LogP contribution in [0.2, 0.25) is 5.02 Å². The third-order valence-electron chi connectivity index (χ3n) is 14.5. The summed E-state index contributed by atoms with van der Waals surface area (Å²) in [5, 5.41) is 31.6. The van der Waals surface area contributed by atoms with Crippen LogP contribution in [0.1, 0.15) is 78.7 Å². The van der Waals surface area contributed by atoms with Crippen LogP contribution in [-0.4, -0.2) is 152 Å². The maximum Gasteiger partial charge on any atom is 0.412 e. The summed E-state index contributed by atoms with van der Waals surface area (Å²) in [6.07, 6.45) is 3.10. The molecule has 10 N–H and O–H groups in total. The molecule has 2 fully saturated rings. The zero-order chi connectivity index (χ0) is 60.2. The second-order valence-corrected chi connectivity index (χ2v) is 22.6. The molecule has 0 radical (unpaired) electrons. The minimum Gasteiger partial charge on any atom is -0.495 e. The number of ether oxygens (including phenoxy) is 5. The Bertz CT molecular complexity index is 2860. The molecule has 0 saturated carbocycles. The van der Waals surface area contributed by atoms with E-state index in [2.05, 4.69) is 53.1 Å². The van der Waals surface area contributed by atoms with Crippen molar-refractivity contribution in [3.63, 3.8) is 0 Å². The number of amides is 9. The van der Waals surface area contributed by atoms with Crippen molar-refractivity contribution in [2.45, 2.75) is 127 Å². The second kappa shape index (κ2) is 28.4. The first-order valence-electron chi connectivity index (χ1n) is 26.7. The van der Waals surface area contributed by atoms with Crippen LogP contribution in [0, 0.1) is 11.8 Å². The quantitative estimate of drug-likeness (QED) is 0.0378. The highest BCUT2D eigenvalue weighted by molar-refractivity contribution is 9.10. The van der Waals surface area contributed by atoms with E-state index in [0.717, 1.165) is 16.0 Å². The normalized spacial score (nSPS) is 25.3. The van der Waals surface area contributed by atoms with Gasteiger partial charge in [-0.3, -0.25) is 39.5 Å². The predicted octanol–water partition coefficient (Wildman–Crippen LogP) is 5.20. The number of benzene rings is 2. The van der Waals surface area contributed by atoms with Gasteiger partial charge in [0.05, 0.1) is 31.0 Å². The smallest absolute Gasteiger partial charge is 0.412 e. The molecule has 9 amide bonds. The molecule has 2 saturated heterocycles. The van der Waals surface area contributed by atoms with Crippen LogP contribution in [-0.2, 0) is 49.3 Å². The molecule has 0 spiro atoms. The fraction of sp³-hybridized carbons (Fsp3) is 0.509. The molecule has 446 valence electrons. The lowest BCUT2D eigenvalue weighted by atomic mass is 9.83. The SMILES string of the molecule is COc1cc2cc(c1Cl)N(C)C(=O)C[C@H](OC(=O)Nc1ccc(NC(=O)[C@H](CCCNC(N)=O)NC(=O)[C@@H](NC(=S)NCCCCN3C(=O)C=CC3=O)C(C)C)cc1Br)[C@]1(C)O[C@H]1[C@H](C)[C@@H]1C[C@@](O)(NC(=O)O1)[C@H](OC)/C=C/C=C(\C)C2. The van der Waals surface area contributed by atoms with Crippen molar-refractivity contribution in [2.24, 2.45) is 17.6 Å². The second-order valence-electron chi connectivity index (χ2n) is 21.0. The van der Waals surface area contributed by atoms with E-state index in [9.17, 15) is 43.5 Å². The lowest BCUT2D eigenvalue weighted by molar-refractivity contribution is -0.142. The first-order valence-corrected chi connectivity index (χ1v) is 28.2. The topological polar surface area (TPSA) is 323 Å². The van der Waals surface area contributed by atoms with E-state index in [-0.39, 0.29) is 71.6 Å². The van der Waals surface area contributed by atoms with E-state index in [4.69, 9.17) is 53.2 Å². The van der Waals surface area contributed by atoms with Crippen LogP contribution in [0.4, 0.5) is 31.4 Å². The minimum atomic E-state index is -1.90. The number of nitrogens with two attached hydrogens (primary N) is 1. The molecule has 24 nitrogen and oxygen atoms in total. The number of methoxy groups -OCH3 is 2. The van der Waals surface area contributed by atoms with Crippen molar-refractivity contribution >= 4 is 110 Å². The number of unbranched alkanes of at least 4 members (excludes halogenated alkanes) is 1. The number of primary amides is 1. The number of fused-ring (bicyclic) bond motifs is 5. The van der Waals surface area contributed by atoms with Gasteiger partial charge in [0.1, 0.15) is 46.8 Å². The first kappa shape index (κ1) is 64.3. The molecule has 2 aromatic rings. The van der Waals surface area contributed by atoms with Gasteiger partial charge in [0.25, 0.3) is 11.8 Å². The highest BCUT2D eigenvalue weighted by atomic mass is 79.9. The van der Waals surface area contributed by atoms with Crippen LogP contribution in [0.5, 0.6) is 5.75 Å². The summed E-state index contributed by atoms with van der Waals surface area (Å²) in [4.78, 5) is 107. The number of carbonyl (C=O) groups excluding carboxylic acids is 8. The number of urea groups is 1. The summed E-state index contributed by atoms with van der Waals surface area (Å²) >= 11 is 15.8. The molecule has 4 bridgehead atoms. The number of halogens is 2. The summed E-state index contributed by atoms with van der Waals surface area (Å²) in [5.41, 5.74) is 4.45. The lowest BCUT2D eigenvalue weighted by Gasteiger charge is -2.42. The van der Waals surface area contributed by atoms with Crippen LogP contribution < -0.4 is 52.6 Å². The van der Waals surface area contributed by atoms with Crippen LogP contribution in [0.25, 0.3) is 0 Å². The van der Waals surface area contributed by atoms with Gasteiger partial charge in [0.2, 0.25) is 17.7 Å². The molecule has 0 unspecified atom stereocenters. The Morgan fingerprint density at radius 1 is 1.00 bits per heavy atom. The number of nitrogens with one attached hydrogen (secondary N) is 7. The third kappa shape index (κ3) is 16.7. The van der Waals surface area contributed by atoms with E-state index in [0.29, 0.717) is 41.7 Å². The number of epoxide rings is 1. The summed E-state index contributed by atoms with van der Waals surface area (Å²) in [5.74, 6) is -2.98. The highest BCUT2D eigenvalue weighted by Gasteiger charge is 2.64. The number of aliphatic hydroxyl groups is 1. The number of anilines is 3. The Morgan fingerprint density at radius 2 is 1.71 bits per heavy atom. The Labute approximate surface area is 494 Å². The molecule has 4 heterocycles. The largest absolute Gasteiger partial charge is 0.495 e. The summed E-state index contributed by atoms with van der Waals surface area (Å²) in [7, 11) is 4.40. The summed E-state index contributed by atoms with van der Waals surface area (Å²) in [6.45, 7) is 9.68. The van der Waals surface area contributed by atoms with Crippen LogP contribution >= 0.6 is 39.7 Å². The van der Waals surface area contributed by atoms with Crippen LogP contribution in [0.3, 0.4) is 0 Å². The number of hydrogen-bond acceptors (Lipinski definition) is 15. The summed E-state index contributed by atoms with van der Waals surface area (Å²) < 4.78 is 29.7. The van der Waals surface area contributed by atoms with E-state index in [1.807, 2.05) is 13.0 Å². The Hall–Kier alpha value is -6.84. The number of nitrogens with zero attached hydrogens (tertiary/aromatic N) is 2. The molecule has 0 aliphatic carbocycles. The van der Waals surface area contributed by atoms with Gasteiger partial charge in [0, 0.05) is 68.4 Å². The standard InChI is InChI=1S/C55H72BrClN10O14S/c1-29(2)46(64-51(82)60-20-9-10-22-67-42(68)18-19-43(67)69)49(72)62-36(14-12-21-59-50(58)73)48(71)61-33-16-17-35(34(56)26-33)63-52(74)80-41-27-44(70)66(6)37-24-32(25-38(77-7)45(37)57)23-30(3)13-11-15-40(78-8)55(76)28-39(79-53(75)65-55)31(4)47-54(41,5)81-47/h11,13,15-19,24-26,29,31,36,39-41,46-47,76H,9-10,12,14,20-23,27-28H2,1-8H3,(H,61,71)(H,62,72)(H,63,74)(H,65,75)(H3,58,59,73)(H2,60,64,82)/b15-11+,30-13+/t31-,36+,39+,40-,41+,46+,47+,54+,55+/m1/s1. The van der Waals surface area contributed by atoms with Gasteiger partial charge in [0.15, 0.2) is 10.8 Å². The molecule has 2 aromatic carbocycles. The van der Waals surface area contributed by atoms with E-state index in [1.54, 1.807) is 52.0 Å². The summed E-state index contributed by atoms with van der Waals surface area (Å²) in [6, 6.07) is 5.25. The molecular formula is C55H72BrClN10O14S. The zero-order valence-corrected chi connectivity index (χ0v) is 50.0.